The summed E-state index contributed by atoms with van der Waals surface area (Å²) in [5.41, 5.74) is 3.65. The summed E-state index contributed by atoms with van der Waals surface area (Å²) < 4.78 is 17.8. The van der Waals surface area contributed by atoms with Gasteiger partial charge in [-0.25, -0.2) is 24.7 Å². The fraction of sp³-hybridized carbons (Fsp3) is 0.357. The van der Waals surface area contributed by atoms with E-state index in [1.807, 2.05) is 78.8 Å². The number of hydrogen-bond acceptors (Lipinski definition) is 6. The Hall–Kier alpha value is -3.63. The molecule has 0 aliphatic heterocycles. The molecule has 0 fully saturated rings. The Bertz CT molecular complexity index is 1650. The first-order chi connectivity index (χ1) is 18.2. The van der Waals surface area contributed by atoms with Crippen molar-refractivity contribution in [1.82, 2.24) is 28.9 Å². The number of aryl methyl sites for hydroxylation is 2. The lowest BCUT2D eigenvalue weighted by Crippen LogP contribution is -2.28. The van der Waals surface area contributed by atoms with Crippen molar-refractivity contribution in [2.75, 3.05) is 31.1 Å². The molecule has 3 heterocycles. The number of para-hydroxylation sites is 1. The first-order valence-electron chi connectivity index (χ1n) is 12.5. The van der Waals surface area contributed by atoms with Crippen LogP contribution in [0.1, 0.15) is 24.4 Å². The number of fused-ring (bicyclic) bond motifs is 2. The van der Waals surface area contributed by atoms with Crippen molar-refractivity contribution in [2.45, 2.75) is 26.7 Å². The fourth-order valence-corrected chi connectivity index (χ4v) is 5.09. The molecule has 0 saturated carbocycles. The molecule has 5 rings (SSSR count). The molecule has 0 bridgehead atoms. The van der Waals surface area contributed by atoms with Gasteiger partial charge in [0.05, 0.1) is 23.2 Å². The maximum Gasteiger partial charge on any atom is 0.266 e. The van der Waals surface area contributed by atoms with Crippen LogP contribution in [0.2, 0.25) is 0 Å². The van der Waals surface area contributed by atoms with Crippen LogP contribution in [-0.4, -0.2) is 60.0 Å². The van der Waals surface area contributed by atoms with Gasteiger partial charge in [-0.3, -0.25) is 14.0 Å². The monoisotopic (exact) mass is 534 g/mol. The molecule has 0 amide bonds. The quantitative estimate of drug-likeness (QED) is 0.257. The number of rotatable bonds is 9. The van der Waals surface area contributed by atoms with E-state index < -0.39 is 16.1 Å². The van der Waals surface area contributed by atoms with Crippen LogP contribution in [0.5, 0.6) is 5.88 Å². The van der Waals surface area contributed by atoms with Crippen LogP contribution in [0.25, 0.3) is 27.8 Å². The van der Waals surface area contributed by atoms with Gasteiger partial charge in [0.15, 0.2) is 23.1 Å². The summed E-state index contributed by atoms with van der Waals surface area (Å²) in [6.07, 6.45) is 7.76. The van der Waals surface area contributed by atoms with Crippen molar-refractivity contribution in [3.05, 3.63) is 76.6 Å². The zero-order valence-electron chi connectivity index (χ0n) is 22.7. The van der Waals surface area contributed by atoms with Crippen molar-refractivity contribution < 1.29 is 9.47 Å². The van der Waals surface area contributed by atoms with Crippen molar-refractivity contribution >= 4 is 32.1 Å². The summed E-state index contributed by atoms with van der Waals surface area (Å²) >= 11 is 0. The van der Waals surface area contributed by atoms with Crippen LogP contribution in [-0.2, 0) is 18.5 Å². The molecule has 0 aliphatic rings. The molecule has 200 valence electrons. The molecule has 1 atom stereocenters. The first-order valence-corrected chi connectivity index (χ1v) is 15.5. The average molecular weight is 535 g/mol. The van der Waals surface area contributed by atoms with E-state index in [2.05, 4.69) is 28.7 Å². The first kappa shape index (κ1) is 26.0. The van der Waals surface area contributed by atoms with Gasteiger partial charge < -0.3 is 9.47 Å². The van der Waals surface area contributed by atoms with Crippen LogP contribution in [0.3, 0.4) is 0 Å². The van der Waals surface area contributed by atoms with Crippen LogP contribution < -0.4 is 10.3 Å². The summed E-state index contributed by atoms with van der Waals surface area (Å²) in [6, 6.07) is 15.2. The summed E-state index contributed by atoms with van der Waals surface area (Å²) in [5.74, 6) is 1.98. The summed E-state index contributed by atoms with van der Waals surface area (Å²) in [6.45, 7) is 4.92. The van der Waals surface area contributed by atoms with Gasteiger partial charge in [-0.2, -0.15) is 4.98 Å². The topological polar surface area (TPSA) is 89.0 Å². The van der Waals surface area contributed by atoms with Gasteiger partial charge in [0.1, 0.15) is 13.1 Å². The molecule has 0 saturated heterocycles. The molecule has 0 radical (unpaired) electrons. The van der Waals surface area contributed by atoms with E-state index in [9.17, 15) is 4.79 Å². The highest BCUT2D eigenvalue weighted by molar-refractivity contribution is 8.32. The Balaban J connectivity index is 1.49. The maximum absolute atomic E-state index is 13.8. The largest absolute Gasteiger partial charge is 0.465 e. The molecule has 3 aromatic heterocycles. The molecular formula is C28H34N6O3S. The van der Waals surface area contributed by atoms with Crippen molar-refractivity contribution in [3.8, 4) is 11.6 Å². The second kappa shape index (κ2) is 10.3. The van der Waals surface area contributed by atoms with Crippen LogP contribution in [0.4, 0.5) is 0 Å². The van der Waals surface area contributed by atoms with Crippen LogP contribution in [0, 0.1) is 6.92 Å². The van der Waals surface area contributed by atoms with E-state index in [-0.39, 0.29) is 5.56 Å². The number of ether oxygens (including phenoxy) is 2. The van der Waals surface area contributed by atoms with Gasteiger partial charge in [-0.05, 0) is 56.4 Å². The predicted octanol–water partition coefficient (Wildman–Crippen LogP) is 4.59. The second-order valence-electron chi connectivity index (χ2n) is 10.3. The highest BCUT2D eigenvalue weighted by atomic mass is 32.3. The SMILES string of the molecule is Cc1cccc2nc(C(C)Oc3ncnc4c3n(C)n4COCCS(C)(C)C)n(-c3ccccc3)c(=O)c12. The minimum atomic E-state index is -0.607. The van der Waals surface area contributed by atoms with Crippen molar-refractivity contribution in [3.63, 3.8) is 0 Å². The summed E-state index contributed by atoms with van der Waals surface area (Å²) in [7, 11) is 1.32. The maximum atomic E-state index is 13.8. The van der Waals surface area contributed by atoms with Gasteiger partial charge in [0.25, 0.3) is 5.56 Å². The van der Waals surface area contributed by atoms with Gasteiger partial charge in [0, 0.05) is 12.8 Å². The van der Waals surface area contributed by atoms with Crippen LogP contribution >= 0.6 is 10.0 Å². The van der Waals surface area contributed by atoms with Crippen molar-refractivity contribution in [2.24, 2.45) is 7.05 Å². The highest BCUT2D eigenvalue weighted by Crippen LogP contribution is 2.34. The average Bonchev–Trinajstić information content (AvgIpc) is 2.87. The number of aromatic nitrogens is 6. The predicted molar refractivity (Wildman–Crippen MR) is 154 cm³/mol. The Morgan fingerprint density at radius 2 is 1.79 bits per heavy atom. The molecule has 2 aromatic carbocycles. The standard InChI is InChI=1S/C28H34N6O3S/c1-19-11-10-14-22-23(19)28(35)34(21-12-8-7-9-13-21)25(31-22)20(2)37-27-24-26(29-17-30-27)33(32(24)3)18-36-15-16-38(4,5)6/h7-14,17,20H,15-16,18H2,1-6H3. The Kier molecular flexibility index (Phi) is 7.02. The van der Waals surface area contributed by atoms with E-state index in [1.54, 1.807) is 4.57 Å². The van der Waals surface area contributed by atoms with Gasteiger partial charge in [0.2, 0.25) is 5.88 Å². The lowest BCUT2D eigenvalue weighted by Gasteiger charge is -2.27. The van der Waals surface area contributed by atoms with Crippen LogP contribution in [0.15, 0.2) is 59.7 Å². The molecule has 1 unspecified atom stereocenters. The number of hydrogen-bond donors (Lipinski definition) is 0. The summed E-state index contributed by atoms with van der Waals surface area (Å²) in [4.78, 5) is 27.5. The zero-order chi connectivity index (χ0) is 27.0. The van der Waals surface area contributed by atoms with E-state index in [0.717, 1.165) is 28.2 Å². The second-order valence-corrected chi connectivity index (χ2v) is 14.9. The lowest BCUT2D eigenvalue weighted by atomic mass is 10.1. The Morgan fingerprint density at radius 3 is 2.53 bits per heavy atom. The molecule has 9 nitrogen and oxygen atoms in total. The molecular weight excluding hydrogens is 500 g/mol. The zero-order valence-corrected chi connectivity index (χ0v) is 23.5. The third-order valence-electron chi connectivity index (χ3n) is 6.55. The molecule has 0 N–H and O–H groups in total. The number of nitrogens with zero attached hydrogens (tertiary/aromatic N) is 6. The van der Waals surface area contributed by atoms with E-state index >= 15 is 0 Å². The Labute approximate surface area is 223 Å². The Morgan fingerprint density at radius 1 is 1.03 bits per heavy atom. The minimum Gasteiger partial charge on any atom is -0.465 e. The highest BCUT2D eigenvalue weighted by Gasteiger charge is 2.24. The third kappa shape index (κ3) is 4.93. The van der Waals surface area contributed by atoms with Gasteiger partial charge >= 0.3 is 0 Å². The van der Waals surface area contributed by atoms with Crippen molar-refractivity contribution in [1.29, 1.82) is 0 Å². The minimum absolute atomic E-state index is 0.127. The van der Waals surface area contributed by atoms with E-state index in [1.165, 1.54) is 6.33 Å². The van der Waals surface area contributed by atoms with Gasteiger partial charge in [-0.1, -0.05) is 30.3 Å². The molecule has 10 heteroatoms. The molecule has 0 aliphatic carbocycles. The molecule has 38 heavy (non-hydrogen) atoms. The lowest BCUT2D eigenvalue weighted by molar-refractivity contribution is 0.0724. The smallest absolute Gasteiger partial charge is 0.266 e. The van der Waals surface area contributed by atoms with E-state index in [4.69, 9.17) is 14.5 Å². The van der Waals surface area contributed by atoms with Gasteiger partial charge in [-0.15, -0.1) is 0 Å². The third-order valence-corrected chi connectivity index (χ3v) is 7.94. The van der Waals surface area contributed by atoms with E-state index in [0.29, 0.717) is 35.9 Å². The fourth-order valence-electron chi connectivity index (χ4n) is 4.47. The molecule has 5 aromatic rings. The normalized spacial score (nSPS) is 13.3. The summed E-state index contributed by atoms with van der Waals surface area (Å²) in [5, 5.41) is 0.599. The number of benzene rings is 2. The molecule has 0 spiro atoms.